The van der Waals surface area contributed by atoms with Gasteiger partial charge < -0.3 is 5.11 Å². The summed E-state index contributed by atoms with van der Waals surface area (Å²) in [4.78, 5) is 8.62. The molecule has 0 atom stereocenters. The second-order valence-electron chi connectivity index (χ2n) is 6.93. The molecule has 8 nitrogen and oxygen atoms in total. The van der Waals surface area contributed by atoms with Gasteiger partial charge in [-0.25, -0.2) is 9.98 Å². The Hall–Kier alpha value is -3.59. The molecule has 0 bridgehead atoms. The number of hydrogen-bond acceptors (Lipinski definition) is 8. The SMILES string of the molecule is CC(C)[n+]1cc(/N=C(\[O-])CSc2nnc(-c3ccccc3)c(-c3ccccc3)n2)on1. The van der Waals surface area contributed by atoms with E-state index >= 15 is 0 Å². The molecule has 0 radical (unpaired) electrons. The van der Waals surface area contributed by atoms with E-state index in [-0.39, 0.29) is 23.6 Å². The highest BCUT2D eigenvalue weighted by Gasteiger charge is 2.15. The van der Waals surface area contributed by atoms with Crippen molar-refractivity contribution in [3.63, 3.8) is 0 Å². The Morgan fingerprint density at radius 2 is 1.65 bits per heavy atom. The Morgan fingerprint density at radius 3 is 2.26 bits per heavy atom. The van der Waals surface area contributed by atoms with Crippen LogP contribution in [0.5, 0.6) is 0 Å². The molecule has 0 N–H and O–H groups in total. The normalized spacial score (nSPS) is 11.8. The Kier molecular flexibility index (Phi) is 6.32. The van der Waals surface area contributed by atoms with Crippen LogP contribution >= 0.6 is 11.8 Å². The molecule has 4 rings (SSSR count). The number of thioether (sulfide) groups is 1. The number of hydrogen-bond donors (Lipinski definition) is 0. The van der Waals surface area contributed by atoms with Crippen LogP contribution in [0.3, 0.4) is 0 Å². The lowest BCUT2D eigenvalue weighted by Crippen LogP contribution is -2.36. The van der Waals surface area contributed by atoms with E-state index in [1.54, 1.807) is 10.9 Å². The van der Waals surface area contributed by atoms with Crippen molar-refractivity contribution in [1.29, 1.82) is 0 Å². The first-order valence-electron chi connectivity index (χ1n) is 9.71. The Labute approximate surface area is 183 Å². The Morgan fingerprint density at radius 1 is 1.00 bits per heavy atom. The van der Waals surface area contributed by atoms with Gasteiger partial charge in [-0.05, 0) is 24.4 Å². The smallest absolute Gasteiger partial charge is 0.320 e. The zero-order valence-corrected chi connectivity index (χ0v) is 17.9. The summed E-state index contributed by atoms with van der Waals surface area (Å²) in [6.07, 6.45) is 1.59. The van der Waals surface area contributed by atoms with Gasteiger partial charge in [0.25, 0.3) is 6.20 Å². The van der Waals surface area contributed by atoms with Crippen molar-refractivity contribution in [2.45, 2.75) is 25.0 Å². The van der Waals surface area contributed by atoms with Gasteiger partial charge in [-0.1, -0.05) is 72.4 Å². The molecule has 0 saturated carbocycles. The molecule has 31 heavy (non-hydrogen) atoms. The summed E-state index contributed by atoms with van der Waals surface area (Å²) in [5.41, 5.74) is 3.25. The van der Waals surface area contributed by atoms with E-state index in [9.17, 15) is 5.11 Å². The molecule has 0 aliphatic rings. The molecule has 0 unspecified atom stereocenters. The summed E-state index contributed by atoms with van der Waals surface area (Å²) in [7, 11) is 0. The summed E-state index contributed by atoms with van der Waals surface area (Å²) in [5.74, 6) is -0.139. The van der Waals surface area contributed by atoms with Crippen LogP contribution in [0.15, 0.2) is 81.5 Å². The molecular formula is C22H20N6O2S. The van der Waals surface area contributed by atoms with Crippen LogP contribution in [0.25, 0.3) is 22.5 Å². The van der Waals surface area contributed by atoms with Gasteiger partial charge in [0.2, 0.25) is 10.4 Å². The van der Waals surface area contributed by atoms with E-state index in [1.165, 1.54) is 11.8 Å². The van der Waals surface area contributed by atoms with Crippen LogP contribution in [0, 0.1) is 0 Å². The molecule has 2 aromatic carbocycles. The van der Waals surface area contributed by atoms with E-state index < -0.39 is 0 Å². The first-order chi connectivity index (χ1) is 15.1. The predicted octanol–water partition coefficient (Wildman–Crippen LogP) is 3.24. The molecular weight excluding hydrogens is 412 g/mol. The number of benzene rings is 2. The van der Waals surface area contributed by atoms with Gasteiger partial charge >= 0.3 is 5.88 Å². The van der Waals surface area contributed by atoms with Gasteiger partial charge in [0.15, 0.2) is 6.04 Å². The highest BCUT2D eigenvalue weighted by atomic mass is 32.2. The number of aromatic nitrogens is 5. The highest BCUT2D eigenvalue weighted by Crippen LogP contribution is 2.29. The molecule has 0 amide bonds. The quantitative estimate of drug-likeness (QED) is 0.191. The number of rotatable bonds is 7. The molecule has 0 fully saturated rings. The van der Waals surface area contributed by atoms with Crippen LogP contribution < -0.4 is 9.79 Å². The first-order valence-corrected chi connectivity index (χ1v) is 10.7. The molecule has 156 valence electrons. The van der Waals surface area contributed by atoms with Gasteiger partial charge in [-0.3, -0.25) is 4.52 Å². The van der Waals surface area contributed by atoms with Crippen molar-refractivity contribution in [2.24, 2.45) is 4.99 Å². The second kappa shape index (κ2) is 9.48. The Bertz CT molecular complexity index is 1180. The van der Waals surface area contributed by atoms with Gasteiger partial charge in [0, 0.05) is 16.9 Å². The van der Waals surface area contributed by atoms with Crippen molar-refractivity contribution < 1.29 is 14.3 Å². The molecule has 4 aromatic rings. The lowest BCUT2D eigenvalue weighted by Gasteiger charge is -2.11. The third-order valence-corrected chi connectivity index (χ3v) is 5.14. The van der Waals surface area contributed by atoms with E-state index in [1.807, 2.05) is 74.5 Å². The van der Waals surface area contributed by atoms with Crippen LogP contribution in [-0.2, 0) is 0 Å². The second-order valence-corrected chi connectivity index (χ2v) is 7.87. The van der Waals surface area contributed by atoms with Gasteiger partial charge in [0.05, 0.1) is 0 Å². The third kappa shape index (κ3) is 5.13. The highest BCUT2D eigenvalue weighted by molar-refractivity contribution is 7.99. The van der Waals surface area contributed by atoms with Crippen LogP contribution in [-0.4, -0.2) is 32.1 Å². The molecule has 2 aromatic heterocycles. The topological polar surface area (TPSA) is 104 Å². The lowest BCUT2D eigenvalue weighted by molar-refractivity contribution is -0.779. The van der Waals surface area contributed by atoms with Gasteiger partial charge in [-0.15, -0.1) is 10.2 Å². The summed E-state index contributed by atoms with van der Waals surface area (Å²) < 4.78 is 6.66. The maximum absolute atomic E-state index is 12.2. The van der Waals surface area contributed by atoms with Crippen LogP contribution in [0.1, 0.15) is 19.9 Å². The summed E-state index contributed by atoms with van der Waals surface area (Å²) >= 11 is 1.18. The number of nitrogens with zero attached hydrogens (tertiary/aromatic N) is 6. The number of aliphatic imine (C=N–C) groups is 1. The first kappa shape index (κ1) is 20.7. The zero-order chi connectivity index (χ0) is 21.6. The summed E-state index contributed by atoms with van der Waals surface area (Å²) in [6, 6.07) is 19.7. The van der Waals surface area contributed by atoms with E-state index in [4.69, 9.17) is 4.52 Å². The fraction of sp³-hybridized carbons (Fsp3) is 0.182. The largest absolute Gasteiger partial charge is 0.861 e. The average Bonchev–Trinajstić information content (AvgIpc) is 3.27. The molecule has 0 spiro atoms. The fourth-order valence-corrected chi connectivity index (χ4v) is 3.35. The van der Waals surface area contributed by atoms with Crippen molar-refractivity contribution in [1.82, 2.24) is 20.5 Å². The Balaban J connectivity index is 1.57. The molecule has 9 heteroatoms. The van der Waals surface area contributed by atoms with Crippen molar-refractivity contribution in [3.8, 4) is 22.5 Å². The van der Waals surface area contributed by atoms with Gasteiger partial charge in [0.1, 0.15) is 11.4 Å². The van der Waals surface area contributed by atoms with Crippen LogP contribution in [0.4, 0.5) is 5.88 Å². The minimum atomic E-state index is -0.367. The molecule has 0 aliphatic carbocycles. The lowest BCUT2D eigenvalue weighted by atomic mass is 10.0. The van der Waals surface area contributed by atoms with Crippen LogP contribution in [0.2, 0.25) is 0 Å². The zero-order valence-electron chi connectivity index (χ0n) is 17.0. The minimum absolute atomic E-state index is 0.0585. The third-order valence-electron chi connectivity index (χ3n) is 4.32. The fourth-order valence-electron chi connectivity index (χ4n) is 2.78. The van der Waals surface area contributed by atoms with Crippen molar-refractivity contribution in [2.75, 3.05) is 5.75 Å². The van der Waals surface area contributed by atoms with E-state index in [0.29, 0.717) is 16.5 Å². The van der Waals surface area contributed by atoms with Gasteiger partial charge in [-0.2, -0.15) is 0 Å². The standard InChI is InChI=1S/C22H20N6O2S/c1-15(2)28-13-19(30-27-28)23-18(29)14-31-22-24-20(16-9-5-3-6-10-16)21(25-26-22)17-11-7-4-8-12-17/h3-13,15H,14H2,1-2H3. The van der Waals surface area contributed by atoms with Crippen molar-refractivity contribution in [3.05, 3.63) is 66.9 Å². The summed E-state index contributed by atoms with van der Waals surface area (Å²) in [6.45, 7) is 3.91. The maximum atomic E-state index is 12.2. The van der Waals surface area contributed by atoms with E-state index in [0.717, 1.165) is 11.1 Å². The minimum Gasteiger partial charge on any atom is -0.861 e. The van der Waals surface area contributed by atoms with Crippen molar-refractivity contribution >= 4 is 23.5 Å². The monoisotopic (exact) mass is 432 g/mol. The predicted molar refractivity (Wildman–Crippen MR) is 116 cm³/mol. The average molecular weight is 433 g/mol. The maximum Gasteiger partial charge on any atom is 0.320 e. The van der Waals surface area contributed by atoms with E-state index in [2.05, 4.69) is 25.4 Å². The molecule has 2 heterocycles. The molecule has 0 saturated heterocycles. The summed E-state index contributed by atoms with van der Waals surface area (Å²) in [5, 5.41) is 25.1. The molecule has 0 aliphatic heterocycles.